The maximum atomic E-state index is 11.8. The maximum Gasteiger partial charge on any atom is 0.407 e. The Morgan fingerprint density at radius 3 is 2.36 bits per heavy atom. The second kappa shape index (κ2) is 8.70. The van der Waals surface area contributed by atoms with Crippen LogP contribution in [0.25, 0.3) is 0 Å². The van der Waals surface area contributed by atoms with E-state index in [0.717, 1.165) is 12.8 Å². The summed E-state index contributed by atoms with van der Waals surface area (Å²) < 4.78 is 9.94. The van der Waals surface area contributed by atoms with E-state index in [1.54, 1.807) is 27.7 Å². The minimum atomic E-state index is -0.902. The lowest BCUT2D eigenvalue weighted by Gasteiger charge is -2.22. The molecule has 8 nitrogen and oxygen atoms in total. The SMILES string of the molecule is CC(C)(C)OC(=O)NCCCC(=O)OCC(=O)N[C@@](C)(C#N)C1CC1. The predicted octanol–water partition coefficient (Wildman–Crippen LogP) is 1.64. The molecule has 1 rings (SSSR count). The third-order valence-corrected chi connectivity index (χ3v) is 3.62. The Bertz CT molecular complexity index is 545. The van der Waals surface area contributed by atoms with Crippen LogP contribution in [0.1, 0.15) is 53.4 Å². The second-order valence-corrected chi connectivity index (χ2v) is 7.33. The van der Waals surface area contributed by atoms with Crippen LogP contribution < -0.4 is 10.6 Å². The molecule has 0 unspecified atom stereocenters. The van der Waals surface area contributed by atoms with Gasteiger partial charge in [0.15, 0.2) is 6.61 Å². The molecule has 140 valence electrons. The number of esters is 1. The Morgan fingerprint density at radius 2 is 1.84 bits per heavy atom. The maximum absolute atomic E-state index is 11.8. The van der Waals surface area contributed by atoms with Crippen LogP contribution in [0.15, 0.2) is 0 Å². The fourth-order valence-corrected chi connectivity index (χ4v) is 2.16. The number of nitrogens with one attached hydrogen (secondary N) is 2. The highest BCUT2D eigenvalue weighted by Crippen LogP contribution is 2.39. The summed E-state index contributed by atoms with van der Waals surface area (Å²) in [4.78, 5) is 34.8. The Hall–Kier alpha value is -2.30. The number of amides is 2. The summed E-state index contributed by atoms with van der Waals surface area (Å²) in [5.74, 6) is -0.863. The van der Waals surface area contributed by atoms with E-state index < -0.39 is 35.7 Å². The van der Waals surface area contributed by atoms with Crippen molar-refractivity contribution in [3.63, 3.8) is 0 Å². The Morgan fingerprint density at radius 1 is 1.20 bits per heavy atom. The summed E-state index contributed by atoms with van der Waals surface area (Å²) >= 11 is 0. The molecule has 0 bridgehead atoms. The fraction of sp³-hybridized carbons (Fsp3) is 0.765. The lowest BCUT2D eigenvalue weighted by molar-refractivity contribution is -0.149. The van der Waals surface area contributed by atoms with Gasteiger partial charge in [-0.1, -0.05) is 0 Å². The molecular weight excluding hydrogens is 326 g/mol. The van der Waals surface area contributed by atoms with Crippen LogP contribution in [0.3, 0.4) is 0 Å². The van der Waals surface area contributed by atoms with Crippen molar-refractivity contribution in [1.29, 1.82) is 5.26 Å². The number of carbonyl (C=O) groups excluding carboxylic acids is 3. The first-order chi connectivity index (χ1) is 11.6. The highest BCUT2D eigenvalue weighted by Gasteiger charge is 2.43. The molecule has 0 saturated heterocycles. The number of alkyl carbamates (subject to hydrolysis) is 1. The number of hydrogen-bond donors (Lipinski definition) is 2. The van der Waals surface area contributed by atoms with Crippen LogP contribution in [0, 0.1) is 17.2 Å². The van der Waals surface area contributed by atoms with Gasteiger partial charge in [-0.2, -0.15) is 5.26 Å². The van der Waals surface area contributed by atoms with Gasteiger partial charge in [-0.05, 0) is 52.9 Å². The highest BCUT2D eigenvalue weighted by atomic mass is 16.6. The molecule has 0 aliphatic heterocycles. The number of ether oxygens (including phenoxy) is 2. The van der Waals surface area contributed by atoms with Gasteiger partial charge in [0.25, 0.3) is 5.91 Å². The smallest absolute Gasteiger partial charge is 0.407 e. The first-order valence-corrected chi connectivity index (χ1v) is 8.40. The van der Waals surface area contributed by atoms with Crippen molar-refractivity contribution >= 4 is 18.0 Å². The van der Waals surface area contributed by atoms with E-state index in [2.05, 4.69) is 16.7 Å². The van der Waals surface area contributed by atoms with E-state index in [1.807, 2.05) is 0 Å². The van der Waals surface area contributed by atoms with Crippen LogP contribution in [0.4, 0.5) is 4.79 Å². The number of nitriles is 1. The summed E-state index contributed by atoms with van der Waals surface area (Å²) in [6.45, 7) is 6.81. The fourth-order valence-electron chi connectivity index (χ4n) is 2.16. The van der Waals surface area contributed by atoms with Crippen LogP contribution >= 0.6 is 0 Å². The molecule has 25 heavy (non-hydrogen) atoms. The quantitative estimate of drug-likeness (QED) is 0.506. The molecule has 0 spiro atoms. The van der Waals surface area contributed by atoms with Crippen LogP contribution in [0.2, 0.25) is 0 Å². The van der Waals surface area contributed by atoms with E-state index in [-0.39, 0.29) is 18.9 Å². The monoisotopic (exact) mass is 353 g/mol. The third-order valence-electron chi connectivity index (χ3n) is 3.62. The van der Waals surface area contributed by atoms with Gasteiger partial charge in [0.1, 0.15) is 11.1 Å². The number of nitrogens with zero attached hydrogens (tertiary/aromatic N) is 1. The standard InChI is InChI=1S/C17H27N3O5/c1-16(2,3)25-15(23)19-9-5-6-14(22)24-10-13(21)20-17(4,11-18)12-7-8-12/h12H,5-10H2,1-4H3,(H,19,23)(H,20,21)/t17-/m0/s1. The zero-order chi connectivity index (χ0) is 19.1. The zero-order valence-electron chi connectivity index (χ0n) is 15.3. The van der Waals surface area contributed by atoms with Gasteiger partial charge in [0, 0.05) is 13.0 Å². The van der Waals surface area contributed by atoms with Crippen LogP contribution in [0.5, 0.6) is 0 Å². The molecule has 0 aromatic heterocycles. The summed E-state index contributed by atoms with van der Waals surface area (Å²) in [5.41, 5.74) is -1.48. The number of rotatable bonds is 8. The molecule has 2 N–H and O–H groups in total. The van der Waals surface area contributed by atoms with E-state index in [1.165, 1.54) is 0 Å². The van der Waals surface area contributed by atoms with Crippen molar-refractivity contribution in [1.82, 2.24) is 10.6 Å². The van der Waals surface area contributed by atoms with Crippen molar-refractivity contribution in [2.75, 3.05) is 13.2 Å². The predicted molar refractivity (Wildman–Crippen MR) is 89.3 cm³/mol. The van der Waals surface area contributed by atoms with Crippen molar-refractivity contribution in [2.24, 2.45) is 5.92 Å². The third kappa shape index (κ3) is 8.38. The molecule has 0 aromatic rings. The molecule has 0 aromatic carbocycles. The molecule has 1 aliphatic rings. The average Bonchev–Trinajstić information content (AvgIpc) is 3.33. The van der Waals surface area contributed by atoms with E-state index in [0.29, 0.717) is 6.42 Å². The lowest BCUT2D eigenvalue weighted by Crippen LogP contribution is -2.48. The van der Waals surface area contributed by atoms with Crippen molar-refractivity contribution in [3.05, 3.63) is 0 Å². The molecule has 1 atom stereocenters. The van der Waals surface area contributed by atoms with Crippen molar-refractivity contribution in [2.45, 2.75) is 64.5 Å². The lowest BCUT2D eigenvalue weighted by atomic mass is 9.98. The topological polar surface area (TPSA) is 118 Å². The molecule has 0 radical (unpaired) electrons. The number of carbonyl (C=O) groups is 3. The van der Waals surface area contributed by atoms with Crippen LogP contribution in [-0.4, -0.2) is 42.3 Å². The molecule has 1 fully saturated rings. The molecule has 2 amide bonds. The van der Waals surface area contributed by atoms with E-state index in [9.17, 15) is 14.4 Å². The van der Waals surface area contributed by atoms with E-state index in [4.69, 9.17) is 14.7 Å². The Kier molecular flexibility index (Phi) is 7.22. The van der Waals surface area contributed by atoms with Gasteiger partial charge in [-0.3, -0.25) is 9.59 Å². The van der Waals surface area contributed by atoms with E-state index >= 15 is 0 Å². The first-order valence-electron chi connectivity index (χ1n) is 8.40. The average molecular weight is 353 g/mol. The van der Waals surface area contributed by atoms with Crippen molar-refractivity contribution < 1.29 is 23.9 Å². The zero-order valence-corrected chi connectivity index (χ0v) is 15.3. The summed E-state index contributed by atoms with van der Waals surface area (Å²) in [6, 6.07) is 2.10. The Labute approximate surface area is 148 Å². The normalized spacial score (nSPS) is 16.1. The molecule has 1 aliphatic carbocycles. The number of hydrogen-bond acceptors (Lipinski definition) is 6. The molecular formula is C17H27N3O5. The summed E-state index contributed by atoms with van der Waals surface area (Å²) in [5, 5.41) is 14.3. The molecule has 0 heterocycles. The molecule has 1 saturated carbocycles. The minimum Gasteiger partial charge on any atom is -0.456 e. The largest absolute Gasteiger partial charge is 0.456 e. The van der Waals surface area contributed by atoms with Gasteiger partial charge < -0.3 is 20.1 Å². The first kappa shape index (κ1) is 20.7. The van der Waals surface area contributed by atoms with Gasteiger partial charge >= 0.3 is 12.1 Å². The second-order valence-electron chi connectivity index (χ2n) is 7.33. The summed E-state index contributed by atoms with van der Waals surface area (Å²) in [7, 11) is 0. The molecule has 8 heteroatoms. The van der Waals surface area contributed by atoms with Crippen molar-refractivity contribution in [3.8, 4) is 6.07 Å². The van der Waals surface area contributed by atoms with Gasteiger partial charge in [-0.15, -0.1) is 0 Å². The van der Waals surface area contributed by atoms with Crippen LogP contribution in [-0.2, 0) is 19.1 Å². The van der Waals surface area contributed by atoms with Gasteiger partial charge in [0.05, 0.1) is 6.07 Å². The Balaban J connectivity index is 2.15. The van der Waals surface area contributed by atoms with Gasteiger partial charge in [0.2, 0.25) is 0 Å². The minimum absolute atomic E-state index is 0.0707. The highest BCUT2D eigenvalue weighted by molar-refractivity contribution is 5.81. The summed E-state index contributed by atoms with van der Waals surface area (Å²) in [6.07, 6.45) is 1.72. The van der Waals surface area contributed by atoms with Gasteiger partial charge in [-0.25, -0.2) is 4.79 Å².